The number of hydrogen-bond acceptors (Lipinski definition) is 3. The molecule has 1 aliphatic rings. The molecule has 144 valence electrons. The molecule has 0 radical (unpaired) electrons. The van der Waals surface area contributed by atoms with Gasteiger partial charge in [-0.1, -0.05) is 29.8 Å². The lowest BCUT2D eigenvalue weighted by atomic mass is 9.97. The zero-order valence-corrected chi connectivity index (χ0v) is 16.2. The van der Waals surface area contributed by atoms with Crippen molar-refractivity contribution in [1.29, 1.82) is 0 Å². The van der Waals surface area contributed by atoms with Gasteiger partial charge < -0.3 is 5.32 Å². The monoisotopic (exact) mass is 390 g/mol. The highest BCUT2D eigenvalue weighted by Gasteiger charge is 2.33. The van der Waals surface area contributed by atoms with Gasteiger partial charge in [0, 0.05) is 19.0 Å². The smallest absolute Gasteiger partial charge is 0.243 e. The van der Waals surface area contributed by atoms with E-state index in [1.165, 1.54) is 16.4 Å². The summed E-state index contributed by atoms with van der Waals surface area (Å²) in [6.07, 6.45) is 0.814. The van der Waals surface area contributed by atoms with Gasteiger partial charge in [0.25, 0.3) is 0 Å². The maximum atomic E-state index is 13.7. The standard InChI is InChI=1S/C20H23FN2O3S/c1-14-7-8-19(15(2)13-14)27(25,26)23-11-9-16(10-12-23)20(24)22-18-6-4-3-5-17(18)21/h3-8,13,16H,9-12H2,1-2H3,(H,22,24). The summed E-state index contributed by atoms with van der Waals surface area (Å²) in [5, 5.41) is 2.60. The third-order valence-corrected chi connectivity index (χ3v) is 6.96. The first-order valence-corrected chi connectivity index (χ1v) is 10.4. The van der Waals surface area contributed by atoms with E-state index in [2.05, 4.69) is 5.32 Å². The van der Waals surface area contributed by atoms with Crippen LogP contribution in [0.5, 0.6) is 0 Å². The van der Waals surface area contributed by atoms with Crippen molar-refractivity contribution in [3.05, 3.63) is 59.4 Å². The maximum Gasteiger partial charge on any atom is 0.243 e. The maximum absolute atomic E-state index is 13.7. The zero-order chi connectivity index (χ0) is 19.6. The lowest BCUT2D eigenvalue weighted by molar-refractivity contribution is -0.120. The molecule has 3 rings (SSSR count). The number of nitrogens with one attached hydrogen (secondary N) is 1. The molecule has 1 heterocycles. The minimum atomic E-state index is -3.58. The summed E-state index contributed by atoms with van der Waals surface area (Å²) in [5.74, 6) is -1.10. The predicted molar refractivity (Wildman–Crippen MR) is 102 cm³/mol. The summed E-state index contributed by atoms with van der Waals surface area (Å²) >= 11 is 0. The van der Waals surface area contributed by atoms with E-state index in [0.29, 0.717) is 17.7 Å². The number of aryl methyl sites for hydroxylation is 2. The SMILES string of the molecule is Cc1ccc(S(=O)(=O)N2CCC(C(=O)Nc3ccccc3F)CC2)c(C)c1. The number of hydrogen-bond donors (Lipinski definition) is 1. The lowest BCUT2D eigenvalue weighted by Crippen LogP contribution is -2.41. The molecule has 27 heavy (non-hydrogen) atoms. The summed E-state index contributed by atoms with van der Waals surface area (Å²) in [5.41, 5.74) is 1.87. The third-order valence-electron chi connectivity index (χ3n) is 4.90. The number of sulfonamides is 1. The normalized spacial score (nSPS) is 16.3. The summed E-state index contributed by atoms with van der Waals surface area (Å²) < 4.78 is 40.9. The van der Waals surface area contributed by atoms with Gasteiger partial charge in [0.2, 0.25) is 15.9 Å². The average Bonchev–Trinajstić information content (AvgIpc) is 2.63. The van der Waals surface area contributed by atoms with Crippen molar-refractivity contribution < 1.29 is 17.6 Å². The van der Waals surface area contributed by atoms with Crippen LogP contribution in [-0.4, -0.2) is 31.7 Å². The van der Waals surface area contributed by atoms with Crippen LogP contribution in [0.4, 0.5) is 10.1 Å². The van der Waals surface area contributed by atoms with Crippen molar-refractivity contribution in [3.8, 4) is 0 Å². The number of carbonyl (C=O) groups is 1. The van der Waals surface area contributed by atoms with Crippen molar-refractivity contribution in [2.45, 2.75) is 31.6 Å². The van der Waals surface area contributed by atoms with Crippen molar-refractivity contribution in [2.24, 2.45) is 5.92 Å². The number of carbonyl (C=O) groups excluding carboxylic acids is 1. The number of amides is 1. The summed E-state index contributed by atoms with van der Waals surface area (Å²) in [4.78, 5) is 12.7. The molecule has 1 N–H and O–H groups in total. The second-order valence-electron chi connectivity index (χ2n) is 6.92. The molecule has 2 aromatic rings. The molecular formula is C20H23FN2O3S. The Labute approximate surface area is 159 Å². The number of benzene rings is 2. The highest BCUT2D eigenvalue weighted by atomic mass is 32.2. The third kappa shape index (κ3) is 4.20. The second-order valence-corrected chi connectivity index (χ2v) is 8.82. The molecule has 0 bridgehead atoms. The Morgan fingerprint density at radius 3 is 2.41 bits per heavy atom. The van der Waals surface area contributed by atoms with E-state index in [4.69, 9.17) is 0 Å². The van der Waals surface area contributed by atoms with Crippen LogP contribution in [-0.2, 0) is 14.8 Å². The molecule has 0 unspecified atom stereocenters. The molecule has 5 nitrogen and oxygen atoms in total. The minimum Gasteiger partial charge on any atom is -0.323 e. The van der Waals surface area contributed by atoms with Gasteiger partial charge in [0.1, 0.15) is 5.82 Å². The Balaban J connectivity index is 1.66. The molecule has 1 fully saturated rings. The van der Waals surface area contributed by atoms with Gasteiger partial charge in [0.15, 0.2) is 0 Å². The quantitative estimate of drug-likeness (QED) is 0.869. The van der Waals surface area contributed by atoms with Gasteiger partial charge in [-0.05, 0) is 50.5 Å². The Bertz CT molecular complexity index is 951. The van der Waals surface area contributed by atoms with Gasteiger partial charge in [-0.3, -0.25) is 4.79 Å². The number of piperidine rings is 1. The molecule has 0 aliphatic carbocycles. The Kier molecular flexibility index (Phi) is 5.62. The number of anilines is 1. The molecule has 2 aromatic carbocycles. The molecule has 1 aliphatic heterocycles. The van der Waals surface area contributed by atoms with Crippen LogP contribution in [0, 0.1) is 25.6 Å². The first kappa shape index (κ1) is 19.5. The van der Waals surface area contributed by atoms with Gasteiger partial charge in [-0.25, -0.2) is 12.8 Å². The van der Waals surface area contributed by atoms with Crippen molar-refractivity contribution >= 4 is 21.6 Å². The van der Waals surface area contributed by atoms with Crippen LogP contribution >= 0.6 is 0 Å². The van der Waals surface area contributed by atoms with Gasteiger partial charge in [0.05, 0.1) is 10.6 Å². The van der Waals surface area contributed by atoms with E-state index >= 15 is 0 Å². The van der Waals surface area contributed by atoms with Gasteiger partial charge in [-0.2, -0.15) is 4.31 Å². The number of nitrogens with zero attached hydrogens (tertiary/aromatic N) is 1. The van der Waals surface area contributed by atoms with E-state index in [1.807, 2.05) is 13.0 Å². The van der Waals surface area contributed by atoms with E-state index < -0.39 is 15.8 Å². The second kappa shape index (κ2) is 7.78. The molecule has 1 amide bonds. The zero-order valence-electron chi connectivity index (χ0n) is 15.4. The number of para-hydroxylation sites is 1. The van der Waals surface area contributed by atoms with Crippen LogP contribution in [0.15, 0.2) is 47.4 Å². The van der Waals surface area contributed by atoms with E-state index in [1.54, 1.807) is 31.2 Å². The minimum absolute atomic E-state index is 0.146. The predicted octanol–water partition coefficient (Wildman–Crippen LogP) is 3.48. The fourth-order valence-corrected chi connectivity index (χ4v) is 5.06. The molecule has 1 saturated heterocycles. The largest absolute Gasteiger partial charge is 0.323 e. The first-order valence-electron chi connectivity index (χ1n) is 8.92. The number of rotatable bonds is 4. The fourth-order valence-electron chi connectivity index (χ4n) is 3.38. The molecule has 0 aromatic heterocycles. The molecular weight excluding hydrogens is 367 g/mol. The van der Waals surface area contributed by atoms with Crippen LogP contribution in [0.1, 0.15) is 24.0 Å². The molecule has 0 atom stereocenters. The molecule has 0 spiro atoms. The average molecular weight is 390 g/mol. The molecule has 7 heteroatoms. The van der Waals surface area contributed by atoms with Crippen molar-refractivity contribution in [3.63, 3.8) is 0 Å². The fraction of sp³-hybridized carbons (Fsp3) is 0.350. The van der Waals surface area contributed by atoms with Crippen LogP contribution in [0.25, 0.3) is 0 Å². The van der Waals surface area contributed by atoms with Gasteiger partial charge >= 0.3 is 0 Å². The van der Waals surface area contributed by atoms with E-state index in [9.17, 15) is 17.6 Å². The van der Waals surface area contributed by atoms with Gasteiger partial charge in [-0.15, -0.1) is 0 Å². The first-order chi connectivity index (χ1) is 12.8. The summed E-state index contributed by atoms with van der Waals surface area (Å²) in [7, 11) is -3.58. The summed E-state index contributed by atoms with van der Waals surface area (Å²) in [6.45, 7) is 4.24. The number of halogens is 1. The van der Waals surface area contributed by atoms with Crippen molar-refractivity contribution in [2.75, 3.05) is 18.4 Å². The lowest BCUT2D eigenvalue weighted by Gasteiger charge is -2.31. The Morgan fingerprint density at radius 2 is 1.78 bits per heavy atom. The Morgan fingerprint density at radius 1 is 1.11 bits per heavy atom. The van der Waals surface area contributed by atoms with Crippen molar-refractivity contribution in [1.82, 2.24) is 4.31 Å². The highest BCUT2D eigenvalue weighted by molar-refractivity contribution is 7.89. The van der Waals surface area contributed by atoms with Crippen LogP contribution in [0.3, 0.4) is 0 Å². The van der Waals surface area contributed by atoms with Crippen LogP contribution in [0.2, 0.25) is 0 Å². The topological polar surface area (TPSA) is 66.5 Å². The summed E-state index contributed by atoms with van der Waals surface area (Å²) in [6, 6.07) is 11.3. The highest BCUT2D eigenvalue weighted by Crippen LogP contribution is 2.27. The Hall–Kier alpha value is -2.25. The van der Waals surface area contributed by atoms with E-state index in [0.717, 1.165) is 11.1 Å². The molecule has 0 saturated carbocycles. The van der Waals surface area contributed by atoms with E-state index in [-0.39, 0.29) is 30.6 Å². The van der Waals surface area contributed by atoms with Crippen LogP contribution < -0.4 is 5.32 Å².